The number of nitrogens with zero attached hydrogens (tertiary/aromatic N) is 2. The number of thioether (sulfide) groups is 1. The molecule has 1 amide bonds. The largest absolute Gasteiger partial charge is 0.494 e. The molecule has 0 saturated carbocycles. The third-order valence-corrected chi connectivity index (χ3v) is 7.06. The molecule has 0 aromatic heterocycles. The Bertz CT molecular complexity index is 1160. The van der Waals surface area contributed by atoms with E-state index in [0.717, 1.165) is 25.6 Å². The maximum absolute atomic E-state index is 13.3. The van der Waals surface area contributed by atoms with Gasteiger partial charge in [-0.3, -0.25) is 14.7 Å². The van der Waals surface area contributed by atoms with E-state index in [9.17, 15) is 4.79 Å². The summed E-state index contributed by atoms with van der Waals surface area (Å²) in [5, 5.41) is 0.709. The van der Waals surface area contributed by atoms with Crippen LogP contribution in [0.4, 0.5) is 0 Å². The third kappa shape index (κ3) is 5.34. The molecule has 4 rings (SSSR count). The van der Waals surface area contributed by atoms with E-state index in [0.29, 0.717) is 28.9 Å². The summed E-state index contributed by atoms with van der Waals surface area (Å²) in [7, 11) is 1.62. The zero-order chi connectivity index (χ0) is 22.5. The summed E-state index contributed by atoms with van der Waals surface area (Å²) in [6.07, 6.45) is 1.89. The number of halogens is 2. The zero-order valence-electron chi connectivity index (χ0n) is 17.3. The van der Waals surface area contributed by atoms with Gasteiger partial charge in [-0.25, -0.2) is 0 Å². The third-order valence-electron chi connectivity index (χ3n) is 4.83. The van der Waals surface area contributed by atoms with Crippen LogP contribution in [-0.4, -0.2) is 23.1 Å². The highest BCUT2D eigenvalue weighted by molar-refractivity contribution is 9.11. The Balaban J connectivity index is 1.66. The van der Waals surface area contributed by atoms with Crippen molar-refractivity contribution in [3.8, 4) is 5.75 Å². The highest BCUT2D eigenvalue weighted by Crippen LogP contribution is 2.38. The summed E-state index contributed by atoms with van der Waals surface area (Å²) >= 11 is 8.47. The Hall–Kier alpha value is -2.35. The maximum atomic E-state index is 13.3. The molecule has 3 aromatic carbocycles. The van der Waals surface area contributed by atoms with Gasteiger partial charge in [-0.15, -0.1) is 0 Å². The molecule has 0 aliphatic carbocycles. The second-order valence-electron chi connectivity index (χ2n) is 7.09. The van der Waals surface area contributed by atoms with Crippen LogP contribution >= 0.6 is 43.6 Å². The van der Waals surface area contributed by atoms with Gasteiger partial charge in [0.25, 0.3) is 5.91 Å². The van der Waals surface area contributed by atoms with E-state index in [2.05, 4.69) is 31.9 Å². The lowest BCUT2D eigenvalue weighted by atomic mass is 10.2. The molecule has 1 heterocycles. The molecule has 0 unspecified atom stereocenters. The number of aliphatic imine (C=N–C) groups is 1. The van der Waals surface area contributed by atoms with E-state index in [1.807, 2.05) is 78.9 Å². The fraction of sp³-hybridized carbons (Fsp3) is 0.120. The summed E-state index contributed by atoms with van der Waals surface area (Å²) in [4.78, 5) is 20.5. The smallest absolute Gasteiger partial charge is 0.267 e. The molecule has 1 aliphatic rings. The average Bonchev–Trinajstić information content (AvgIpc) is 3.08. The number of carbonyl (C=O) groups is 1. The Morgan fingerprint density at radius 2 is 1.56 bits per heavy atom. The van der Waals surface area contributed by atoms with Gasteiger partial charge in [-0.05, 0) is 78.5 Å². The predicted molar refractivity (Wildman–Crippen MR) is 139 cm³/mol. The molecule has 3 aromatic rings. The van der Waals surface area contributed by atoms with E-state index in [-0.39, 0.29) is 5.91 Å². The summed E-state index contributed by atoms with van der Waals surface area (Å²) in [6, 6.07) is 23.9. The van der Waals surface area contributed by atoms with Gasteiger partial charge >= 0.3 is 0 Å². The standard InChI is InChI=1S/C25H20Br2N2O2S/c1-31-23-20(26)12-19(13-21(23)27)14-22-24(30)29(16-18-10-6-3-7-11-18)25(32-22)28-15-17-8-4-2-5-9-17/h2-14H,15-16H2,1H3/b22-14+,28-25?. The number of methoxy groups -OCH3 is 1. The minimum Gasteiger partial charge on any atom is -0.494 e. The van der Waals surface area contributed by atoms with E-state index >= 15 is 0 Å². The van der Waals surface area contributed by atoms with Crippen molar-refractivity contribution in [3.63, 3.8) is 0 Å². The van der Waals surface area contributed by atoms with E-state index in [4.69, 9.17) is 9.73 Å². The van der Waals surface area contributed by atoms with Crippen LogP contribution in [0.15, 0.2) is 91.6 Å². The minimum absolute atomic E-state index is 0.0475. The molecule has 32 heavy (non-hydrogen) atoms. The number of amidine groups is 1. The Morgan fingerprint density at radius 1 is 0.969 bits per heavy atom. The Kier molecular flexibility index (Phi) is 7.50. The maximum Gasteiger partial charge on any atom is 0.267 e. The molecule has 1 fully saturated rings. The average molecular weight is 572 g/mol. The van der Waals surface area contributed by atoms with Crippen LogP contribution in [0, 0.1) is 0 Å². The second-order valence-corrected chi connectivity index (χ2v) is 9.81. The first-order chi connectivity index (χ1) is 15.5. The van der Waals surface area contributed by atoms with Crippen molar-refractivity contribution in [2.45, 2.75) is 13.1 Å². The molecule has 1 aliphatic heterocycles. The van der Waals surface area contributed by atoms with Gasteiger partial charge < -0.3 is 4.74 Å². The first-order valence-electron chi connectivity index (χ1n) is 9.92. The van der Waals surface area contributed by atoms with Gasteiger partial charge in [0, 0.05) is 0 Å². The van der Waals surface area contributed by atoms with Crippen LogP contribution in [0.25, 0.3) is 6.08 Å². The summed E-state index contributed by atoms with van der Waals surface area (Å²) in [6.45, 7) is 1.00. The number of hydrogen-bond acceptors (Lipinski definition) is 4. The van der Waals surface area contributed by atoms with Crippen LogP contribution in [0.2, 0.25) is 0 Å². The SMILES string of the molecule is COc1c(Br)cc(/C=C2/SC(=NCc3ccccc3)N(Cc3ccccc3)C2=O)cc1Br. The second kappa shape index (κ2) is 10.5. The fourth-order valence-corrected chi connectivity index (χ4v) is 5.80. The molecular weight excluding hydrogens is 552 g/mol. The number of ether oxygens (including phenoxy) is 1. The number of carbonyl (C=O) groups excluding carboxylic acids is 1. The Morgan fingerprint density at radius 3 is 2.16 bits per heavy atom. The van der Waals surface area contributed by atoms with Crippen LogP contribution in [0.3, 0.4) is 0 Å². The highest BCUT2D eigenvalue weighted by Gasteiger charge is 2.33. The molecule has 0 bridgehead atoms. The van der Waals surface area contributed by atoms with Crippen molar-refractivity contribution in [2.75, 3.05) is 7.11 Å². The topological polar surface area (TPSA) is 41.9 Å². The zero-order valence-corrected chi connectivity index (χ0v) is 21.3. The predicted octanol–water partition coefficient (Wildman–Crippen LogP) is 6.89. The van der Waals surface area contributed by atoms with E-state index in [1.54, 1.807) is 12.0 Å². The Labute approximate surface area is 208 Å². The number of benzene rings is 3. The van der Waals surface area contributed by atoms with Crippen molar-refractivity contribution in [1.29, 1.82) is 0 Å². The highest BCUT2D eigenvalue weighted by atomic mass is 79.9. The van der Waals surface area contributed by atoms with Crippen molar-refractivity contribution in [2.24, 2.45) is 4.99 Å². The lowest BCUT2D eigenvalue weighted by Crippen LogP contribution is -2.28. The molecular formula is C25H20Br2N2O2S. The van der Waals surface area contributed by atoms with Crippen LogP contribution < -0.4 is 4.74 Å². The van der Waals surface area contributed by atoms with Gasteiger partial charge in [0.05, 0.1) is 34.0 Å². The van der Waals surface area contributed by atoms with Gasteiger partial charge in [-0.1, -0.05) is 60.7 Å². The first-order valence-corrected chi connectivity index (χ1v) is 12.3. The normalized spacial score (nSPS) is 16.2. The molecule has 1 saturated heterocycles. The van der Waals surface area contributed by atoms with E-state index in [1.165, 1.54) is 11.8 Å². The van der Waals surface area contributed by atoms with Gasteiger partial charge in [0.1, 0.15) is 5.75 Å². The van der Waals surface area contributed by atoms with Crippen LogP contribution in [0.5, 0.6) is 5.75 Å². The monoisotopic (exact) mass is 570 g/mol. The van der Waals surface area contributed by atoms with E-state index < -0.39 is 0 Å². The summed E-state index contributed by atoms with van der Waals surface area (Å²) < 4.78 is 7.01. The lowest BCUT2D eigenvalue weighted by Gasteiger charge is -2.15. The number of hydrogen-bond donors (Lipinski definition) is 0. The molecule has 0 atom stereocenters. The number of rotatable bonds is 6. The molecule has 162 valence electrons. The van der Waals surface area contributed by atoms with Crippen molar-refractivity contribution < 1.29 is 9.53 Å². The first kappa shape index (κ1) is 22.8. The summed E-state index contributed by atoms with van der Waals surface area (Å²) in [5.74, 6) is 0.669. The van der Waals surface area contributed by atoms with Gasteiger partial charge in [0.15, 0.2) is 5.17 Å². The molecule has 0 N–H and O–H groups in total. The molecule has 4 nitrogen and oxygen atoms in total. The van der Waals surface area contributed by atoms with Crippen molar-refractivity contribution in [1.82, 2.24) is 4.90 Å². The van der Waals surface area contributed by atoms with Crippen LogP contribution in [0.1, 0.15) is 16.7 Å². The quantitative estimate of drug-likeness (QED) is 0.302. The summed E-state index contributed by atoms with van der Waals surface area (Å²) in [5.41, 5.74) is 3.06. The van der Waals surface area contributed by atoms with Crippen molar-refractivity contribution >= 4 is 60.8 Å². The molecule has 0 radical (unpaired) electrons. The lowest BCUT2D eigenvalue weighted by molar-refractivity contribution is -0.122. The fourth-order valence-electron chi connectivity index (χ4n) is 3.28. The van der Waals surface area contributed by atoms with Crippen LogP contribution in [-0.2, 0) is 17.9 Å². The molecule has 7 heteroatoms. The van der Waals surface area contributed by atoms with Gasteiger partial charge in [-0.2, -0.15) is 0 Å². The minimum atomic E-state index is -0.0475. The number of amides is 1. The van der Waals surface area contributed by atoms with Gasteiger partial charge in [0.2, 0.25) is 0 Å². The van der Waals surface area contributed by atoms with Crippen molar-refractivity contribution in [3.05, 3.63) is 103 Å². The molecule has 0 spiro atoms.